The molecule has 1 N–H and O–H groups in total. The molecule has 0 aliphatic heterocycles. The summed E-state index contributed by atoms with van der Waals surface area (Å²) in [5.74, 6) is 0.219. The van der Waals surface area contributed by atoms with Gasteiger partial charge in [0.2, 0.25) is 0 Å². The molecule has 0 bridgehead atoms. The molecule has 16 heavy (non-hydrogen) atoms. The summed E-state index contributed by atoms with van der Waals surface area (Å²) < 4.78 is 13.3. The van der Waals surface area contributed by atoms with Crippen molar-refractivity contribution in [1.29, 1.82) is 0 Å². The number of nitrogens with one attached hydrogen (secondary N) is 1. The highest BCUT2D eigenvalue weighted by molar-refractivity contribution is 5.42. The molecule has 0 spiro atoms. The number of anilines is 1. The molecule has 1 heterocycles. The lowest BCUT2D eigenvalue weighted by Crippen LogP contribution is -2.38. The van der Waals surface area contributed by atoms with E-state index in [-0.39, 0.29) is 5.82 Å². The highest BCUT2D eigenvalue weighted by Gasteiger charge is 2.15. The van der Waals surface area contributed by atoms with Gasteiger partial charge in [0.15, 0.2) is 5.82 Å². The quantitative estimate of drug-likeness (QED) is 0.832. The van der Waals surface area contributed by atoms with Gasteiger partial charge >= 0.3 is 0 Å². The maximum atomic E-state index is 13.3. The van der Waals surface area contributed by atoms with E-state index in [0.717, 1.165) is 6.54 Å². The first-order chi connectivity index (χ1) is 7.52. The van der Waals surface area contributed by atoms with Gasteiger partial charge in [0.05, 0.1) is 11.9 Å². The average molecular weight is 225 g/mol. The third-order valence-corrected chi connectivity index (χ3v) is 2.71. The van der Waals surface area contributed by atoms with E-state index in [1.807, 2.05) is 14.1 Å². The van der Waals surface area contributed by atoms with Crippen LogP contribution in [0.15, 0.2) is 18.5 Å². The van der Waals surface area contributed by atoms with Crippen molar-refractivity contribution in [3.8, 4) is 0 Å². The number of rotatable bonds is 5. The Bertz CT molecular complexity index is 318. The van der Waals surface area contributed by atoms with Crippen LogP contribution in [0.2, 0.25) is 0 Å². The second-order valence-electron chi connectivity index (χ2n) is 4.51. The molecule has 0 saturated heterocycles. The normalized spacial score (nSPS) is 13.2. The van der Waals surface area contributed by atoms with Gasteiger partial charge in [0.1, 0.15) is 0 Å². The zero-order valence-corrected chi connectivity index (χ0v) is 10.4. The van der Waals surface area contributed by atoms with Crippen LogP contribution < -0.4 is 5.32 Å². The lowest BCUT2D eigenvalue weighted by molar-refractivity contribution is 0.243. The Labute approximate surface area is 96.7 Å². The average Bonchev–Trinajstić information content (AvgIpc) is 2.20. The molecule has 1 aromatic heterocycles. The van der Waals surface area contributed by atoms with Crippen molar-refractivity contribution in [2.75, 3.05) is 26.0 Å². The van der Waals surface area contributed by atoms with Crippen LogP contribution in [0, 0.1) is 11.7 Å². The number of halogens is 1. The Morgan fingerprint density at radius 1 is 1.44 bits per heavy atom. The number of likely N-dealkylation sites (N-methyl/N-ethyl adjacent to an activating group) is 1. The van der Waals surface area contributed by atoms with E-state index >= 15 is 0 Å². The van der Waals surface area contributed by atoms with Gasteiger partial charge in [0.25, 0.3) is 0 Å². The second-order valence-corrected chi connectivity index (χ2v) is 4.51. The van der Waals surface area contributed by atoms with E-state index in [2.05, 4.69) is 29.0 Å². The molecule has 0 aliphatic rings. The zero-order chi connectivity index (χ0) is 12.1. The van der Waals surface area contributed by atoms with Crippen molar-refractivity contribution in [2.45, 2.75) is 19.9 Å². The Morgan fingerprint density at radius 3 is 2.62 bits per heavy atom. The summed E-state index contributed by atoms with van der Waals surface area (Å²) in [5, 5.41) is 3.12. The maximum Gasteiger partial charge on any atom is 0.164 e. The SMILES string of the molecule is CC(C)[C@H](CNc1ccncc1F)N(C)C. The van der Waals surface area contributed by atoms with Crippen LogP contribution in [0.4, 0.5) is 10.1 Å². The van der Waals surface area contributed by atoms with Crippen molar-refractivity contribution >= 4 is 5.69 Å². The van der Waals surface area contributed by atoms with E-state index < -0.39 is 0 Å². The van der Waals surface area contributed by atoms with Gasteiger partial charge < -0.3 is 10.2 Å². The summed E-state index contributed by atoms with van der Waals surface area (Å²) in [6.07, 6.45) is 2.81. The summed E-state index contributed by atoms with van der Waals surface area (Å²) in [4.78, 5) is 5.87. The van der Waals surface area contributed by atoms with Crippen LogP contribution in [0.1, 0.15) is 13.8 Å². The Kier molecular flexibility index (Phi) is 4.68. The van der Waals surface area contributed by atoms with Crippen LogP contribution in [0.25, 0.3) is 0 Å². The Hall–Kier alpha value is -1.16. The van der Waals surface area contributed by atoms with Gasteiger partial charge in [-0.1, -0.05) is 13.8 Å². The first-order valence-electron chi connectivity index (χ1n) is 5.52. The minimum absolute atomic E-state index is 0.302. The molecule has 3 nitrogen and oxygen atoms in total. The van der Waals surface area contributed by atoms with Gasteiger partial charge in [-0.05, 0) is 26.1 Å². The molecule has 1 aromatic rings. The largest absolute Gasteiger partial charge is 0.381 e. The molecule has 0 radical (unpaired) electrons. The molecule has 1 rings (SSSR count). The minimum Gasteiger partial charge on any atom is -0.381 e. The number of aromatic nitrogens is 1. The number of hydrogen-bond acceptors (Lipinski definition) is 3. The maximum absolute atomic E-state index is 13.3. The van der Waals surface area contributed by atoms with Gasteiger partial charge in [-0.15, -0.1) is 0 Å². The van der Waals surface area contributed by atoms with Crippen molar-refractivity contribution in [1.82, 2.24) is 9.88 Å². The van der Waals surface area contributed by atoms with Crippen molar-refractivity contribution in [2.24, 2.45) is 5.92 Å². The molecule has 0 fully saturated rings. The zero-order valence-electron chi connectivity index (χ0n) is 10.4. The molecule has 0 amide bonds. The predicted molar refractivity (Wildman–Crippen MR) is 65.0 cm³/mol. The summed E-state index contributed by atoms with van der Waals surface area (Å²) in [5.41, 5.74) is 0.516. The van der Waals surface area contributed by atoms with Crippen LogP contribution in [-0.4, -0.2) is 36.6 Å². The molecule has 0 saturated carbocycles. The Morgan fingerprint density at radius 2 is 2.12 bits per heavy atom. The summed E-state index contributed by atoms with van der Waals surface area (Å²) in [7, 11) is 4.07. The smallest absolute Gasteiger partial charge is 0.164 e. The van der Waals surface area contributed by atoms with E-state index in [1.54, 1.807) is 12.3 Å². The van der Waals surface area contributed by atoms with Crippen LogP contribution in [0.5, 0.6) is 0 Å². The van der Waals surface area contributed by atoms with Gasteiger partial charge in [-0.3, -0.25) is 4.98 Å². The molecule has 0 aliphatic carbocycles. The van der Waals surface area contributed by atoms with Crippen LogP contribution in [0.3, 0.4) is 0 Å². The first kappa shape index (κ1) is 12.9. The molecule has 4 heteroatoms. The van der Waals surface area contributed by atoms with Crippen LogP contribution in [-0.2, 0) is 0 Å². The van der Waals surface area contributed by atoms with Gasteiger partial charge in [-0.25, -0.2) is 4.39 Å². The molecule has 0 aromatic carbocycles. The highest BCUT2D eigenvalue weighted by atomic mass is 19.1. The van der Waals surface area contributed by atoms with E-state index in [9.17, 15) is 4.39 Å². The summed E-state index contributed by atoms with van der Waals surface area (Å²) in [6, 6.07) is 2.04. The summed E-state index contributed by atoms with van der Waals surface area (Å²) >= 11 is 0. The first-order valence-corrected chi connectivity index (χ1v) is 5.52. The minimum atomic E-state index is -0.302. The fraction of sp³-hybridized carbons (Fsp3) is 0.583. The van der Waals surface area contributed by atoms with Crippen LogP contribution >= 0.6 is 0 Å². The van der Waals surface area contributed by atoms with Gasteiger partial charge in [0, 0.05) is 18.8 Å². The highest BCUT2D eigenvalue weighted by Crippen LogP contribution is 2.13. The third kappa shape index (κ3) is 3.45. The van der Waals surface area contributed by atoms with E-state index in [0.29, 0.717) is 17.6 Å². The van der Waals surface area contributed by atoms with E-state index in [4.69, 9.17) is 0 Å². The third-order valence-electron chi connectivity index (χ3n) is 2.71. The molecule has 0 unspecified atom stereocenters. The van der Waals surface area contributed by atoms with E-state index in [1.165, 1.54) is 6.20 Å². The molecular weight excluding hydrogens is 205 g/mol. The molecular formula is C12H20FN3. The monoisotopic (exact) mass is 225 g/mol. The standard InChI is InChI=1S/C12H20FN3/c1-9(2)12(16(3)4)8-15-11-5-6-14-7-10(11)13/h5-7,9,12H,8H2,1-4H3,(H,14,15)/t12-/m0/s1. The number of hydrogen-bond donors (Lipinski definition) is 1. The summed E-state index contributed by atoms with van der Waals surface area (Å²) in [6.45, 7) is 5.05. The van der Waals surface area contributed by atoms with Crippen molar-refractivity contribution < 1.29 is 4.39 Å². The lowest BCUT2D eigenvalue weighted by Gasteiger charge is -2.28. The molecule has 1 atom stereocenters. The van der Waals surface area contributed by atoms with Gasteiger partial charge in [-0.2, -0.15) is 0 Å². The number of nitrogens with zero attached hydrogens (tertiary/aromatic N) is 2. The fourth-order valence-corrected chi connectivity index (χ4v) is 1.75. The topological polar surface area (TPSA) is 28.2 Å². The predicted octanol–water partition coefficient (Wildman–Crippen LogP) is 2.22. The van der Waals surface area contributed by atoms with Crippen molar-refractivity contribution in [3.05, 3.63) is 24.3 Å². The van der Waals surface area contributed by atoms with Crippen molar-refractivity contribution in [3.63, 3.8) is 0 Å². The second kappa shape index (κ2) is 5.80. The molecule has 90 valence electrons. The Balaban J connectivity index is 2.59. The fourth-order valence-electron chi connectivity index (χ4n) is 1.75. The number of pyridine rings is 1. The lowest BCUT2D eigenvalue weighted by atomic mass is 10.0.